The van der Waals surface area contributed by atoms with Crippen LogP contribution in [0.5, 0.6) is 0 Å². The van der Waals surface area contributed by atoms with Gasteiger partial charge < -0.3 is 10.1 Å². The lowest BCUT2D eigenvalue weighted by Crippen LogP contribution is -2.46. The summed E-state index contributed by atoms with van der Waals surface area (Å²) < 4.78 is 5.62. The van der Waals surface area contributed by atoms with Crippen molar-refractivity contribution in [2.45, 2.75) is 38.8 Å². The Morgan fingerprint density at radius 3 is 2.79 bits per heavy atom. The maximum Gasteiger partial charge on any atom is 0.0595 e. The quantitative estimate of drug-likeness (QED) is 0.909. The number of benzene rings is 1. The molecule has 1 saturated heterocycles. The summed E-state index contributed by atoms with van der Waals surface area (Å²) in [6, 6.07) is 6.90. The minimum absolute atomic E-state index is 0.494. The number of halogens is 2. The summed E-state index contributed by atoms with van der Waals surface area (Å²) in [5.74, 6) is 0.494. The lowest BCUT2D eigenvalue weighted by molar-refractivity contribution is 0.0300. The first-order valence-electron chi connectivity index (χ1n) is 6.84. The Bertz CT molecular complexity index is 423. The summed E-state index contributed by atoms with van der Waals surface area (Å²) >= 11 is 12.0. The van der Waals surface area contributed by atoms with Crippen molar-refractivity contribution in [1.82, 2.24) is 5.32 Å². The Morgan fingerprint density at radius 2 is 2.11 bits per heavy atom. The van der Waals surface area contributed by atoms with E-state index in [-0.39, 0.29) is 0 Å². The molecule has 2 rings (SSSR count). The van der Waals surface area contributed by atoms with Crippen molar-refractivity contribution in [1.29, 1.82) is 0 Å². The van der Waals surface area contributed by atoms with Gasteiger partial charge in [0.15, 0.2) is 0 Å². The van der Waals surface area contributed by atoms with Gasteiger partial charge in [0, 0.05) is 24.6 Å². The maximum atomic E-state index is 6.07. The van der Waals surface area contributed by atoms with Crippen LogP contribution in [-0.2, 0) is 11.2 Å². The van der Waals surface area contributed by atoms with E-state index in [9.17, 15) is 0 Å². The van der Waals surface area contributed by atoms with E-state index in [0.717, 1.165) is 26.1 Å². The van der Waals surface area contributed by atoms with E-state index in [4.69, 9.17) is 27.9 Å². The zero-order valence-corrected chi connectivity index (χ0v) is 13.0. The Hall–Kier alpha value is -0.280. The van der Waals surface area contributed by atoms with Crippen LogP contribution in [0.25, 0.3) is 0 Å². The molecule has 0 bridgehead atoms. The first-order chi connectivity index (χ1) is 9.06. The lowest BCUT2D eigenvalue weighted by atomic mass is 9.89. The van der Waals surface area contributed by atoms with E-state index >= 15 is 0 Å². The number of rotatable bonds is 4. The highest BCUT2D eigenvalue weighted by Gasteiger charge is 2.26. The Labute approximate surface area is 125 Å². The van der Waals surface area contributed by atoms with Gasteiger partial charge >= 0.3 is 0 Å². The molecule has 1 heterocycles. The largest absolute Gasteiger partial charge is 0.381 e. The summed E-state index contributed by atoms with van der Waals surface area (Å²) in [6.45, 7) is 6.03. The summed E-state index contributed by atoms with van der Waals surface area (Å²) in [5, 5.41) is 4.88. The minimum Gasteiger partial charge on any atom is -0.381 e. The number of ether oxygens (including phenoxy) is 1. The Balaban J connectivity index is 2.04. The van der Waals surface area contributed by atoms with Gasteiger partial charge in [0.25, 0.3) is 0 Å². The van der Waals surface area contributed by atoms with Gasteiger partial charge in [-0.15, -0.1) is 0 Å². The van der Waals surface area contributed by atoms with Gasteiger partial charge in [-0.05, 0) is 30.5 Å². The predicted octanol–water partition coefficient (Wildman–Crippen LogP) is 3.94. The van der Waals surface area contributed by atoms with Crippen LogP contribution in [0.1, 0.15) is 25.8 Å². The van der Waals surface area contributed by atoms with Crippen molar-refractivity contribution in [3.63, 3.8) is 0 Å². The monoisotopic (exact) mass is 301 g/mol. The minimum atomic E-state index is 0.494. The third kappa shape index (κ3) is 4.35. The normalized spacial score (nSPS) is 23.8. The number of hydrogen-bond acceptors (Lipinski definition) is 2. The fraction of sp³-hybridized carbons (Fsp3) is 0.600. The van der Waals surface area contributed by atoms with Crippen molar-refractivity contribution < 1.29 is 4.74 Å². The van der Waals surface area contributed by atoms with E-state index in [1.54, 1.807) is 0 Å². The molecule has 19 heavy (non-hydrogen) atoms. The molecule has 1 aliphatic rings. The molecule has 4 heteroatoms. The Morgan fingerprint density at radius 1 is 1.32 bits per heavy atom. The average Bonchev–Trinajstić information content (AvgIpc) is 2.36. The molecule has 0 spiro atoms. The molecular weight excluding hydrogens is 281 g/mol. The molecule has 1 aromatic rings. The molecular formula is C15H21Cl2NO. The number of nitrogens with one attached hydrogen (secondary N) is 1. The van der Waals surface area contributed by atoms with E-state index in [2.05, 4.69) is 25.2 Å². The molecule has 1 aromatic carbocycles. The van der Waals surface area contributed by atoms with E-state index in [1.165, 1.54) is 5.56 Å². The van der Waals surface area contributed by atoms with Crippen LogP contribution in [0.4, 0.5) is 0 Å². The van der Waals surface area contributed by atoms with Crippen LogP contribution in [0.15, 0.2) is 18.2 Å². The van der Waals surface area contributed by atoms with Gasteiger partial charge in [-0.2, -0.15) is 0 Å². The van der Waals surface area contributed by atoms with Crippen LogP contribution >= 0.6 is 23.2 Å². The van der Waals surface area contributed by atoms with Crippen LogP contribution < -0.4 is 5.32 Å². The zero-order chi connectivity index (χ0) is 13.8. The van der Waals surface area contributed by atoms with Crippen LogP contribution in [0.3, 0.4) is 0 Å². The number of hydrogen-bond donors (Lipinski definition) is 1. The first-order valence-corrected chi connectivity index (χ1v) is 7.59. The van der Waals surface area contributed by atoms with Crippen molar-refractivity contribution in [2.24, 2.45) is 5.92 Å². The van der Waals surface area contributed by atoms with Gasteiger partial charge in [-0.25, -0.2) is 0 Å². The molecule has 0 aliphatic carbocycles. The molecule has 2 atom stereocenters. The van der Waals surface area contributed by atoms with E-state index in [0.29, 0.717) is 28.0 Å². The molecule has 0 aromatic heterocycles. The smallest absolute Gasteiger partial charge is 0.0595 e. The molecule has 1 N–H and O–H groups in total. The summed E-state index contributed by atoms with van der Waals surface area (Å²) in [7, 11) is 0. The fourth-order valence-electron chi connectivity index (χ4n) is 2.61. The first kappa shape index (κ1) is 15.1. The van der Waals surface area contributed by atoms with Crippen LogP contribution in [0, 0.1) is 5.92 Å². The zero-order valence-electron chi connectivity index (χ0n) is 11.5. The SMILES string of the molecule is CC(C)NC1CCOCC1Cc1ccc(Cl)c(Cl)c1. The second kappa shape index (κ2) is 6.94. The van der Waals surface area contributed by atoms with Crippen molar-refractivity contribution >= 4 is 23.2 Å². The van der Waals surface area contributed by atoms with E-state index < -0.39 is 0 Å². The van der Waals surface area contributed by atoms with Crippen molar-refractivity contribution in [3.05, 3.63) is 33.8 Å². The van der Waals surface area contributed by atoms with Gasteiger partial charge in [0.05, 0.1) is 16.7 Å². The molecule has 2 nitrogen and oxygen atoms in total. The van der Waals surface area contributed by atoms with Crippen molar-refractivity contribution in [3.8, 4) is 0 Å². The molecule has 1 fully saturated rings. The van der Waals surface area contributed by atoms with Crippen LogP contribution in [-0.4, -0.2) is 25.3 Å². The topological polar surface area (TPSA) is 21.3 Å². The average molecular weight is 302 g/mol. The molecule has 106 valence electrons. The Kier molecular flexibility index (Phi) is 5.52. The van der Waals surface area contributed by atoms with Crippen molar-refractivity contribution in [2.75, 3.05) is 13.2 Å². The predicted molar refractivity (Wildman–Crippen MR) is 81.2 cm³/mol. The fourth-order valence-corrected chi connectivity index (χ4v) is 2.94. The summed E-state index contributed by atoms with van der Waals surface area (Å²) in [5.41, 5.74) is 1.22. The highest BCUT2D eigenvalue weighted by Crippen LogP contribution is 2.26. The summed E-state index contributed by atoms with van der Waals surface area (Å²) in [4.78, 5) is 0. The molecule has 2 unspecified atom stereocenters. The van der Waals surface area contributed by atoms with Gasteiger partial charge in [-0.3, -0.25) is 0 Å². The maximum absolute atomic E-state index is 6.07. The lowest BCUT2D eigenvalue weighted by Gasteiger charge is -2.34. The molecule has 0 amide bonds. The second-order valence-corrected chi connectivity index (χ2v) is 6.32. The third-order valence-electron chi connectivity index (χ3n) is 3.50. The summed E-state index contributed by atoms with van der Waals surface area (Å²) in [6.07, 6.45) is 2.05. The van der Waals surface area contributed by atoms with Crippen LogP contribution in [0.2, 0.25) is 10.0 Å². The highest BCUT2D eigenvalue weighted by molar-refractivity contribution is 6.42. The molecule has 0 saturated carbocycles. The van der Waals surface area contributed by atoms with Gasteiger partial charge in [0.1, 0.15) is 0 Å². The van der Waals surface area contributed by atoms with Gasteiger partial charge in [0.2, 0.25) is 0 Å². The second-order valence-electron chi connectivity index (χ2n) is 5.50. The highest BCUT2D eigenvalue weighted by atomic mass is 35.5. The molecule has 0 radical (unpaired) electrons. The third-order valence-corrected chi connectivity index (χ3v) is 4.24. The molecule has 1 aliphatic heterocycles. The van der Waals surface area contributed by atoms with Gasteiger partial charge in [-0.1, -0.05) is 43.1 Å². The standard InChI is InChI=1S/C15H21Cl2NO/c1-10(2)18-15-5-6-19-9-12(15)7-11-3-4-13(16)14(17)8-11/h3-4,8,10,12,15,18H,5-7,9H2,1-2H3. The van der Waals surface area contributed by atoms with E-state index in [1.807, 2.05) is 12.1 Å².